The first-order chi connectivity index (χ1) is 15.4. The maximum absolute atomic E-state index is 12.3. The third-order valence-electron chi connectivity index (χ3n) is 4.38. The van der Waals surface area contributed by atoms with E-state index in [1.54, 1.807) is 12.1 Å². The number of hydrogen-bond acceptors (Lipinski definition) is 8. The highest BCUT2D eigenvalue weighted by molar-refractivity contribution is 5.84. The summed E-state index contributed by atoms with van der Waals surface area (Å²) in [7, 11) is 2.70. The summed E-state index contributed by atoms with van der Waals surface area (Å²) in [6, 6.07) is 11.5. The van der Waals surface area contributed by atoms with Gasteiger partial charge in [-0.15, -0.1) is 0 Å². The zero-order chi connectivity index (χ0) is 23.3. The van der Waals surface area contributed by atoms with E-state index in [4.69, 9.17) is 14.2 Å². The smallest absolute Gasteiger partial charge is 0.407 e. The first-order valence-corrected chi connectivity index (χ1v) is 9.90. The maximum atomic E-state index is 12.3. The van der Waals surface area contributed by atoms with Gasteiger partial charge in [0, 0.05) is 25.2 Å². The molecule has 3 N–H and O–H groups in total. The number of ether oxygens (including phenoxy) is 3. The lowest BCUT2D eigenvalue weighted by Crippen LogP contribution is -2.45. The van der Waals surface area contributed by atoms with Crippen LogP contribution >= 0.6 is 0 Å². The molecule has 0 unspecified atom stereocenters. The van der Waals surface area contributed by atoms with E-state index < -0.39 is 30.1 Å². The fourth-order valence-corrected chi connectivity index (χ4v) is 2.74. The number of aromatic nitrogens is 1. The zero-order valence-electron chi connectivity index (χ0n) is 17.9. The van der Waals surface area contributed by atoms with Crippen LogP contribution in [0.15, 0.2) is 48.7 Å². The lowest BCUT2D eigenvalue weighted by atomic mass is 10.1. The SMILES string of the molecule is COC(=O)[C@H](Cc1ccc(OC)nc1)NC(=O)C[C@H](O)CNC(=O)OCc1ccccc1. The second-order valence-electron chi connectivity index (χ2n) is 6.86. The molecular formula is C22H27N3O7. The summed E-state index contributed by atoms with van der Waals surface area (Å²) in [6.45, 7) is -0.101. The van der Waals surface area contributed by atoms with E-state index in [-0.39, 0.29) is 26.0 Å². The Bertz CT molecular complexity index is 875. The van der Waals surface area contributed by atoms with Crippen LogP contribution in [0.5, 0.6) is 5.88 Å². The van der Waals surface area contributed by atoms with Crippen molar-refractivity contribution in [2.45, 2.75) is 31.6 Å². The molecule has 0 saturated carbocycles. The van der Waals surface area contributed by atoms with Crippen LogP contribution in [0.2, 0.25) is 0 Å². The third kappa shape index (κ3) is 8.60. The number of hydrogen-bond donors (Lipinski definition) is 3. The van der Waals surface area contributed by atoms with Crippen LogP contribution in [-0.4, -0.2) is 61.0 Å². The summed E-state index contributed by atoms with van der Waals surface area (Å²) in [4.78, 5) is 40.1. The van der Waals surface area contributed by atoms with Crippen LogP contribution in [0.4, 0.5) is 4.79 Å². The molecule has 2 amide bonds. The molecule has 0 bridgehead atoms. The minimum absolute atomic E-state index is 0.0876. The van der Waals surface area contributed by atoms with Crippen LogP contribution in [0.1, 0.15) is 17.5 Å². The molecule has 0 aliphatic carbocycles. The van der Waals surface area contributed by atoms with Crippen molar-refractivity contribution in [3.8, 4) is 5.88 Å². The largest absolute Gasteiger partial charge is 0.481 e. The first kappa shape index (κ1) is 24.6. The van der Waals surface area contributed by atoms with Gasteiger partial charge in [0.2, 0.25) is 11.8 Å². The summed E-state index contributed by atoms with van der Waals surface area (Å²) in [6.07, 6.45) is -0.531. The number of carbonyl (C=O) groups is 3. The normalized spacial score (nSPS) is 12.2. The number of aliphatic hydroxyl groups excluding tert-OH is 1. The fraction of sp³-hybridized carbons (Fsp3) is 0.364. The number of amides is 2. The van der Waals surface area contributed by atoms with Gasteiger partial charge in [0.15, 0.2) is 0 Å². The Hall–Kier alpha value is -3.66. The Kier molecular flexibility index (Phi) is 9.92. The number of esters is 1. The Morgan fingerprint density at radius 1 is 1.06 bits per heavy atom. The summed E-state index contributed by atoms with van der Waals surface area (Å²) >= 11 is 0. The number of alkyl carbamates (subject to hydrolysis) is 1. The predicted molar refractivity (Wildman–Crippen MR) is 114 cm³/mol. The molecule has 0 aliphatic rings. The number of pyridine rings is 1. The first-order valence-electron chi connectivity index (χ1n) is 9.90. The molecule has 32 heavy (non-hydrogen) atoms. The molecule has 0 radical (unpaired) electrons. The molecule has 2 aromatic rings. The van der Waals surface area contributed by atoms with Gasteiger partial charge in [0.25, 0.3) is 0 Å². The molecule has 0 aliphatic heterocycles. The van der Waals surface area contributed by atoms with Crippen molar-refractivity contribution < 1.29 is 33.7 Å². The molecule has 10 nitrogen and oxygen atoms in total. The van der Waals surface area contributed by atoms with E-state index in [0.29, 0.717) is 11.4 Å². The lowest BCUT2D eigenvalue weighted by Gasteiger charge is -2.18. The zero-order valence-corrected chi connectivity index (χ0v) is 17.9. The van der Waals surface area contributed by atoms with E-state index in [2.05, 4.69) is 15.6 Å². The van der Waals surface area contributed by atoms with Crippen molar-refractivity contribution in [2.75, 3.05) is 20.8 Å². The minimum Gasteiger partial charge on any atom is -0.481 e. The Balaban J connectivity index is 1.77. The van der Waals surface area contributed by atoms with Gasteiger partial charge >= 0.3 is 12.1 Å². The average Bonchev–Trinajstić information content (AvgIpc) is 2.81. The van der Waals surface area contributed by atoms with Gasteiger partial charge in [-0.05, 0) is 11.1 Å². The molecule has 0 saturated heterocycles. The van der Waals surface area contributed by atoms with Crippen LogP contribution in [0.25, 0.3) is 0 Å². The van der Waals surface area contributed by atoms with Gasteiger partial charge in [-0.2, -0.15) is 0 Å². The Morgan fingerprint density at radius 3 is 2.44 bits per heavy atom. The predicted octanol–water partition coefficient (Wildman–Crippen LogP) is 0.968. The molecule has 0 fully saturated rings. The van der Waals surface area contributed by atoms with Gasteiger partial charge in [-0.25, -0.2) is 14.6 Å². The maximum Gasteiger partial charge on any atom is 0.407 e. The van der Waals surface area contributed by atoms with Crippen molar-refractivity contribution in [1.29, 1.82) is 0 Å². The van der Waals surface area contributed by atoms with Crippen LogP contribution in [0, 0.1) is 0 Å². The van der Waals surface area contributed by atoms with Crippen molar-refractivity contribution in [1.82, 2.24) is 15.6 Å². The molecule has 2 atom stereocenters. The average molecular weight is 445 g/mol. The molecule has 1 aromatic heterocycles. The van der Waals surface area contributed by atoms with Crippen molar-refractivity contribution >= 4 is 18.0 Å². The monoisotopic (exact) mass is 445 g/mol. The number of methoxy groups -OCH3 is 2. The number of carbonyl (C=O) groups excluding carboxylic acids is 3. The molecule has 1 aromatic carbocycles. The summed E-state index contributed by atoms with van der Waals surface area (Å²) in [5, 5.41) is 15.0. The van der Waals surface area contributed by atoms with Gasteiger partial charge in [-0.3, -0.25) is 4.79 Å². The van der Waals surface area contributed by atoms with Crippen LogP contribution in [0.3, 0.4) is 0 Å². The minimum atomic E-state index is -1.17. The van der Waals surface area contributed by atoms with Gasteiger partial charge in [0.1, 0.15) is 12.6 Å². The molecule has 10 heteroatoms. The number of rotatable bonds is 11. The van der Waals surface area contributed by atoms with E-state index in [0.717, 1.165) is 5.56 Å². The van der Waals surface area contributed by atoms with Gasteiger partial charge in [0.05, 0.1) is 26.7 Å². The van der Waals surface area contributed by atoms with Crippen molar-refractivity contribution in [3.63, 3.8) is 0 Å². The Labute approximate surface area is 185 Å². The number of nitrogens with one attached hydrogen (secondary N) is 2. The highest BCUT2D eigenvalue weighted by Gasteiger charge is 2.23. The Morgan fingerprint density at radius 2 is 1.81 bits per heavy atom. The highest BCUT2D eigenvalue weighted by atomic mass is 16.5. The topological polar surface area (TPSA) is 136 Å². The molecule has 0 spiro atoms. The van der Waals surface area contributed by atoms with Crippen LogP contribution in [-0.2, 0) is 32.1 Å². The number of benzene rings is 1. The van der Waals surface area contributed by atoms with Crippen molar-refractivity contribution in [2.24, 2.45) is 0 Å². The third-order valence-corrected chi connectivity index (χ3v) is 4.38. The summed E-state index contributed by atoms with van der Waals surface area (Å²) in [5.41, 5.74) is 1.51. The standard InChI is InChI=1S/C22H27N3O7/c1-30-20-9-8-16(12-23-20)10-18(21(28)31-2)25-19(27)11-17(26)13-24-22(29)32-14-15-6-4-3-5-7-15/h3-9,12,17-18,26H,10-11,13-14H2,1-2H3,(H,24,29)(H,25,27)/t17-,18-/m0/s1. The van der Waals surface area contributed by atoms with E-state index >= 15 is 0 Å². The van der Waals surface area contributed by atoms with E-state index in [1.165, 1.54) is 20.4 Å². The molecular weight excluding hydrogens is 418 g/mol. The van der Waals surface area contributed by atoms with Gasteiger partial charge < -0.3 is 30.0 Å². The second kappa shape index (κ2) is 12.9. The van der Waals surface area contributed by atoms with Crippen LogP contribution < -0.4 is 15.4 Å². The number of nitrogens with zero attached hydrogens (tertiary/aromatic N) is 1. The number of aliphatic hydroxyl groups is 1. The summed E-state index contributed by atoms with van der Waals surface area (Å²) in [5.74, 6) is -0.787. The lowest BCUT2D eigenvalue weighted by molar-refractivity contribution is -0.145. The summed E-state index contributed by atoms with van der Waals surface area (Å²) < 4.78 is 14.8. The highest BCUT2D eigenvalue weighted by Crippen LogP contribution is 2.10. The van der Waals surface area contributed by atoms with Crippen molar-refractivity contribution in [3.05, 3.63) is 59.8 Å². The van der Waals surface area contributed by atoms with Gasteiger partial charge in [-0.1, -0.05) is 36.4 Å². The second-order valence-corrected chi connectivity index (χ2v) is 6.86. The molecule has 2 rings (SSSR count). The fourth-order valence-electron chi connectivity index (χ4n) is 2.74. The quantitative estimate of drug-likeness (QED) is 0.435. The molecule has 172 valence electrons. The van der Waals surface area contributed by atoms with E-state index in [1.807, 2.05) is 30.3 Å². The van der Waals surface area contributed by atoms with E-state index in [9.17, 15) is 19.5 Å². The molecule has 1 heterocycles.